The quantitative estimate of drug-likeness (QED) is 0.587. The Morgan fingerprint density at radius 1 is 1.44 bits per heavy atom. The maximum Gasteiger partial charge on any atom is 0.331 e. The van der Waals surface area contributed by atoms with Crippen molar-refractivity contribution in [2.45, 2.75) is 32.3 Å². The Hall–Kier alpha value is 0.150. The first-order valence-electron chi connectivity index (χ1n) is 2.87. The molecule has 0 spiro atoms. The molecule has 3 nitrogen and oxygen atoms in total. The number of rotatable bonds is 2. The van der Waals surface area contributed by atoms with Gasteiger partial charge in [-0.1, -0.05) is 6.92 Å². The normalized spacial score (nSPS) is 13.9. The molecule has 0 aromatic rings. The Balaban J connectivity index is 4.34. The molecule has 0 aliphatic carbocycles. The average molecular weight is 152 g/mol. The van der Waals surface area contributed by atoms with Gasteiger partial charge in [0.15, 0.2) is 0 Å². The predicted octanol–water partition coefficient (Wildman–Crippen LogP) is 1.35. The van der Waals surface area contributed by atoms with Crippen molar-refractivity contribution in [2.24, 2.45) is 0 Å². The molecule has 0 radical (unpaired) electrons. The van der Waals surface area contributed by atoms with Crippen LogP contribution in [0.1, 0.15) is 27.2 Å². The summed E-state index contributed by atoms with van der Waals surface area (Å²) in [5.74, 6) is 0. The summed E-state index contributed by atoms with van der Waals surface area (Å²) in [5, 5.41) is -0.854. The van der Waals surface area contributed by atoms with Gasteiger partial charge in [-0.05, 0) is 20.3 Å². The van der Waals surface area contributed by atoms with E-state index in [9.17, 15) is 4.57 Å². The van der Waals surface area contributed by atoms with E-state index in [4.69, 9.17) is 9.79 Å². The van der Waals surface area contributed by atoms with Gasteiger partial charge in [0.25, 0.3) is 0 Å². The highest BCUT2D eigenvalue weighted by Gasteiger charge is 2.35. The van der Waals surface area contributed by atoms with E-state index in [-0.39, 0.29) is 0 Å². The van der Waals surface area contributed by atoms with E-state index in [0.717, 1.165) is 0 Å². The van der Waals surface area contributed by atoms with E-state index < -0.39 is 12.8 Å². The maximum absolute atomic E-state index is 10.6. The lowest BCUT2D eigenvalue weighted by atomic mass is 10.1. The second-order valence-electron chi connectivity index (χ2n) is 2.71. The van der Waals surface area contributed by atoms with Crippen LogP contribution in [0.25, 0.3) is 0 Å². The summed E-state index contributed by atoms with van der Waals surface area (Å²) in [6, 6.07) is 0. The molecule has 0 aliphatic heterocycles. The Labute approximate surface area is 55.3 Å². The lowest BCUT2D eigenvalue weighted by molar-refractivity contribution is 0.333. The summed E-state index contributed by atoms with van der Waals surface area (Å²) in [6.45, 7) is 4.89. The lowest BCUT2D eigenvalue weighted by Gasteiger charge is -2.23. The van der Waals surface area contributed by atoms with Gasteiger partial charge >= 0.3 is 7.60 Å². The van der Waals surface area contributed by atoms with E-state index in [2.05, 4.69) is 0 Å². The Bertz CT molecular complexity index is 135. The minimum atomic E-state index is -3.87. The molecule has 0 fully saturated rings. The van der Waals surface area contributed by atoms with Crippen LogP contribution in [0.15, 0.2) is 0 Å². The van der Waals surface area contributed by atoms with Gasteiger partial charge in [-0.3, -0.25) is 4.57 Å². The van der Waals surface area contributed by atoms with Gasteiger partial charge < -0.3 is 9.79 Å². The third-order valence-corrected chi connectivity index (χ3v) is 3.55. The molecule has 0 saturated heterocycles. The molecule has 0 rings (SSSR count). The van der Waals surface area contributed by atoms with Crippen molar-refractivity contribution in [3.05, 3.63) is 0 Å². The highest BCUT2D eigenvalue weighted by atomic mass is 31.2. The van der Waals surface area contributed by atoms with E-state index >= 15 is 0 Å². The van der Waals surface area contributed by atoms with Crippen molar-refractivity contribution >= 4 is 7.60 Å². The van der Waals surface area contributed by atoms with Crippen molar-refractivity contribution < 1.29 is 14.4 Å². The maximum atomic E-state index is 10.6. The molecule has 0 heterocycles. The molecule has 0 amide bonds. The van der Waals surface area contributed by atoms with Crippen LogP contribution < -0.4 is 0 Å². The molecular weight excluding hydrogens is 139 g/mol. The van der Waals surface area contributed by atoms with E-state index in [1.54, 1.807) is 20.8 Å². The van der Waals surface area contributed by atoms with Crippen LogP contribution in [-0.2, 0) is 4.57 Å². The summed E-state index contributed by atoms with van der Waals surface area (Å²) in [7, 11) is -3.87. The molecule has 2 N–H and O–H groups in total. The summed E-state index contributed by atoms with van der Waals surface area (Å²) in [6.07, 6.45) is 0.497. The lowest BCUT2D eigenvalue weighted by Crippen LogP contribution is -2.17. The van der Waals surface area contributed by atoms with Crippen molar-refractivity contribution in [1.29, 1.82) is 0 Å². The first-order valence-corrected chi connectivity index (χ1v) is 4.48. The smallest absolute Gasteiger partial charge is 0.324 e. The molecule has 56 valence electrons. The molecule has 0 unspecified atom stereocenters. The molecule has 0 saturated carbocycles. The zero-order valence-corrected chi connectivity index (χ0v) is 6.85. The number of hydrogen-bond donors (Lipinski definition) is 2. The molecular formula is C5H13O3P. The van der Waals surface area contributed by atoms with Crippen molar-refractivity contribution in [1.82, 2.24) is 0 Å². The highest BCUT2D eigenvalue weighted by Crippen LogP contribution is 2.51. The minimum absolute atomic E-state index is 0.497. The van der Waals surface area contributed by atoms with Crippen LogP contribution in [0, 0.1) is 0 Å². The molecule has 0 aromatic heterocycles. The average Bonchev–Trinajstić information content (AvgIpc) is 1.64. The molecule has 0 aliphatic rings. The Kier molecular flexibility index (Phi) is 2.45. The van der Waals surface area contributed by atoms with Crippen LogP contribution in [0.3, 0.4) is 0 Å². The number of hydrogen-bond acceptors (Lipinski definition) is 1. The highest BCUT2D eigenvalue weighted by molar-refractivity contribution is 7.53. The van der Waals surface area contributed by atoms with Crippen molar-refractivity contribution in [3.8, 4) is 0 Å². The van der Waals surface area contributed by atoms with E-state index in [1.165, 1.54) is 0 Å². The van der Waals surface area contributed by atoms with Gasteiger partial charge in [-0.15, -0.1) is 0 Å². The summed E-state index contributed by atoms with van der Waals surface area (Å²) < 4.78 is 10.6. The van der Waals surface area contributed by atoms with Crippen LogP contribution in [0.2, 0.25) is 0 Å². The van der Waals surface area contributed by atoms with Crippen LogP contribution in [0.5, 0.6) is 0 Å². The van der Waals surface area contributed by atoms with Crippen LogP contribution in [0.4, 0.5) is 0 Å². The third-order valence-electron chi connectivity index (χ3n) is 1.65. The fourth-order valence-corrected chi connectivity index (χ4v) is 0.618. The molecule has 9 heavy (non-hydrogen) atoms. The molecule has 0 bridgehead atoms. The molecule has 0 atom stereocenters. The Morgan fingerprint density at radius 2 is 1.78 bits per heavy atom. The first-order chi connectivity index (χ1) is 3.81. The zero-order valence-electron chi connectivity index (χ0n) is 5.96. The second kappa shape index (κ2) is 2.41. The summed E-state index contributed by atoms with van der Waals surface area (Å²) in [4.78, 5) is 17.3. The van der Waals surface area contributed by atoms with Crippen LogP contribution >= 0.6 is 7.60 Å². The molecule has 0 aromatic carbocycles. The summed E-state index contributed by atoms with van der Waals surface area (Å²) >= 11 is 0. The topological polar surface area (TPSA) is 57.5 Å². The summed E-state index contributed by atoms with van der Waals surface area (Å²) in [5.41, 5.74) is 0. The molecule has 4 heteroatoms. The van der Waals surface area contributed by atoms with Crippen LogP contribution in [-0.4, -0.2) is 14.9 Å². The van der Waals surface area contributed by atoms with Gasteiger partial charge in [0, 0.05) is 0 Å². The van der Waals surface area contributed by atoms with Crippen molar-refractivity contribution in [2.75, 3.05) is 0 Å². The van der Waals surface area contributed by atoms with Crippen molar-refractivity contribution in [3.63, 3.8) is 0 Å². The van der Waals surface area contributed by atoms with Gasteiger partial charge in [0.2, 0.25) is 0 Å². The van der Waals surface area contributed by atoms with Gasteiger partial charge in [0.05, 0.1) is 5.16 Å². The first kappa shape index (κ1) is 9.15. The second-order valence-corrected chi connectivity index (χ2v) is 5.01. The van der Waals surface area contributed by atoms with E-state index in [0.29, 0.717) is 6.42 Å². The minimum Gasteiger partial charge on any atom is -0.324 e. The monoisotopic (exact) mass is 152 g/mol. The fraction of sp³-hybridized carbons (Fsp3) is 1.00. The Morgan fingerprint density at radius 3 is 1.78 bits per heavy atom. The third kappa shape index (κ3) is 2.09. The van der Waals surface area contributed by atoms with Gasteiger partial charge in [-0.25, -0.2) is 0 Å². The SMILES string of the molecule is CCC(C)(C)P(=O)(O)O. The zero-order chi connectivity index (χ0) is 7.71. The van der Waals surface area contributed by atoms with E-state index in [1.807, 2.05) is 0 Å². The van der Waals surface area contributed by atoms with Gasteiger partial charge in [-0.2, -0.15) is 0 Å². The van der Waals surface area contributed by atoms with Gasteiger partial charge in [0.1, 0.15) is 0 Å². The standard InChI is InChI=1S/C5H13O3P/c1-4-5(2,3)9(6,7)8/h4H2,1-3H3,(H2,6,7,8). The largest absolute Gasteiger partial charge is 0.331 e. The predicted molar refractivity (Wildman–Crippen MR) is 36.4 cm³/mol. The fourth-order valence-electron chi connectivity index (χ4n) is 0.206.